The number of carboxylic acids is 2. The fourth-order valence-corrected chi connectivity index (χ4v) is 9.66. The Morgan fingerprint density at radius 1 is 0.423 bits per heavy atom. The second-order valence-electron chi connectivity index (χ2n) is 22.5. The fraction of sp³-hybridized carbons (Fsp3) is 0.593. The third kappa shape index (κ3) is 27.9. The van der Waals surface area contributed by atoms with E-state index in [9.17, 15) is 9.59 Å². The van der Waals surface area contributed by atoms with Gasteiger partial charge < -0.3 is 72.4 Å². The van der Waals surface area contributed by atoms with Gasteiger partial charge in [-0.3, -0.25) is 40.4 Å². The smallest absolute Gasteiger partial charge is 0.358 e. The number of nitrogens with one attached hydrogen (secondary N) is 6. The number of rotatable bonds is 19. The molecule has 2 saturated carbocycles. The van der Waals surface area contributed by atoms with Crippen LogP contribution >= 0.6 is 0 Å². The molecule has 0 unspecified atom stereocenters. The van der Waals surface area contributed by atoms with Gasteiger partial charge in [0.15, 0.2) is 11.4 Å². The van der Waals surface area contributed by atoms with E-state index in [1.165, 1.54) is 17.1 Å². The highest BCUT2D eigenvalue weighted by molar-refractivity contribution is 5.93. The number of nitrogens with two attached hydrogens (primary N) is 9. The number of hydrogen-bond donors (Lipinski definition) is 17. The standard InChI is InChI=1S/C9H16N6.C8H14N6.C8H12N4O2.C8H14N4.C6H12N6.C5H10N6.C5H8N4O2.C5H9N3/c10-6-1-3-7(4-2-6)15-5-8(9(11)12)13-14-15;9-8(10)7-5-14(13-12-7)6-1-3-11-4-2-6;13-8(14)7-5-12(11-10-7)6-1-3-9-4-2-6;9-7-1-3-8(4-2-7)12-6-5-10-11-12;7-2-1-3-12-4-5(6(8)9)10-11-12;6-1-2-11-3-4(5(7)8)9-10-11;6-1-2-9-3-4(5(10)11)7-8-9;1-2-4-8-5-3-6-7-8/h5-7H,1-4,10H2,(H3,11,12);5-6,11H,1-4H2,(H3,9,10);5-6,9H,1-4H2,(H,13,14);5-8H,1-4,9H2;4H,1-3,7H2,(H3,8,9);3H,1-2,6H2,(H3,7,8);3H,1-2,6H2,(H,10,11);3,5H,2,4H2,1H3. The molecule has 0 bridgehead atoms. The molecule has 10 heterocycles. The minimum absolute atomic E-state index is 0.0172. The zero-order valence-corrected chi connectivity index (χ0v) is 54.6. The van der Waals surface area contributed by atoms with Crippen LogP contribution in [0.1, 0.15) is 165 Å². The SMILES string of the molecule is CCCn1ccnn1.N=C(N)c1cn(C2CCC(N)CC2)nn1.N=C(N)c1cn(C2CCNCC2)nn1.N=C(N)c1cn(CCCN)nn1.N=C(N)c1cn(CCN)nn1.NC1CCC(n2ccnn2)CC1.NCCn1cc(C(=O)O)nn1.O=C(O)c1cn(C2CCNCC2)nn1. The predicted octanol–water partition coefficient (Wildman–Crippen LogP) is -2.83. The topological polar surface area (TPSA) is 674 Å². The van der Waals surface area contributed by atoms with Crippen LogP contribution in [-0.2, 0) is 26.2 Å². The summed E-state index contributed by atoms with van der Waals surface area (Å²) in [4.78, 5) is 20.8. The summed E-state index contributed by atoms with van der Waals surface area (Å²) < 4.78 is 13.6. The fourth-order valence-electron chi connectivity index (χ4n) is 9.66. The molecule has 43 nitrogen and oxygen atoms in total. The zero-order chi connectivity index (χ0) is 70.5. The first-order valence-electron chi connectivity index (χ1n) is 31.7. The summed E-state index contributed by atoms with van der Waals surface area (Å²) in [6.07, 6.45) is 31.4. The number of nitrogen functional groups attached to an aromatic ring is 4. The average Bonchev–Trinajstić information content (AvgIpc) is 1.84. The van der Waals surface area contributed by atoms with Crippen molar-refractivity contribution in [1.82, 2.24) is 131 Å². The molecule has 0 radical (unpaired) electrons. The Labute approximate surface area is 558 Å². The van der Waals surface area contributed by atoms with Crippen LogP contribution in [0.5, 0.6) is 0 Å². The summed E-state index contributed by atoms with van der Waals surface area (Å²) in [6, 6.07) is 2.33. The number of carboxylic acid groups (broad SMARTS) is 2. The van der Waals surface area contributed by atoms with E-state index in [0.717, 1.165) is 129 Å². The van der Waals surface area contributed by atoms with Crippen LogP contribution < -0.4 is 62.2 Å². The number of piperidine rings is 2. The Bertz CT molecular complexity index is 3380. The minimum Gasteiger partial charge on any atom is -0.476 e. The summed E-state index contributed by atoms with van der Waals surface area (Å²) in [5.41, 5.74) is 50.1. The quantitative estimate of drug-likeness (QED) is 0.0287. The molecule has 12 rings (SSSR count). The molecule has 43 heteroatoms. The number of aromatic carboxylic acids is 2. The highest BCUT2D eigenvalue weighted by Gasteiger charge is 2.23. The van der Waals surface area contributed by atoms with Gasteiger partial charge in [-0.1, -0.05) is 48.6 Å². The van der Waals surface area contributed by atoms with Gasteiger partial charge in [0.05, 0.1) is 86.8 Å². The van der Waals surface area contributed by atoms with Gasteiger partial charge in [0, 0.05) is 50.7 Å². The minimum atomic E-state index is -1.08. The highest BCUT2D eigenvalue weighted by atomic mass is 16.4. The molecule has 2 aliphatic heterocycles. The number of carbonyl (C=O) groups is 2. The molecule has 530 valence electrons. The van der Waals surface area contributed by atoms with E-state index in [1.807, 2.05) is 31.1 Å². The summed E-state index contributed by atoms with van der Waals surface area (Å²) in [5.74, 6) is -2.29. The number of amidine groups is 4. The van der Waals surface area contributed by atoms with Crippen LogP contribution in [0.2, 0.25) is 0 Å². The van der Waals surface area contributed by atoms with Crippen molar-refractivity contribution >= 4 is 35.3 Å². The molecule has 97 heavy (non-hydrogen) atoms. The Balaban J connectivity index is 0.000000201. The van der Waals surface area contributed by atoms with Gasteiger partial charge >= 0.3 is 11.9 Å². The summed E-state index contributed by atoms with van der Waals surface area (Å²) in [5, 5.41) is 112. The van der Waals surface area contributed by atoms with Gasteiger partial charge in [0.2, 0.25) is 0 Å². The van der Waals surface area contributed by atoms with Crippen molar-refractivity contribution in [1.29, 1.82) is 21.6 Å². The van der Waals surface area contributed by atoms with E-state index in [2.05, 4.69) is 100 Å². The third-order valence-electron chi connectivity index (χ3n) is 15.0. The summed E-state index contributed by atoms with van der Waals surface area (Å²) in [7, 11) is 0. The molecule has 4 fully saturated rings. The molecule has 0 spiro atoms. The zero-order valence-electron chi connectivity index (χ0n) is 54.6. The Morgan fingerprint density at radius 3 is 1.09 bits per heavy atom. The van der Waals surface area contributed by atoms with E-state index in [1.54, 1.807) is 51.2 Å². The van der Waals surface area contributed by atoms with Crippen molar-refractivity contribution in [3.63, 3.8) is 0 Å². The molecule has 2 saturated heterocycles. The number of aryl methyl sites for hydroxylation is 2. The maximum absolute atomic E-state index is 10.6. The Hall–Kier alpha value is -10.3. The van der Waals surface area contributed by atoms with Crippen molar-refractivity contribution < 1.29 is 19.8 Å². The molecular formula is C54H95N39O4. The van der Waals surface area contributed by atoms with Crippen LogP contribution in [-0.4, -0.2) is 223 Å². The average molecular weight is 1350 g/mol. The van der Waals surface area contributed by atoms with Gasteiger partial charge in [-0.25, -0.2) is 28.3 Å². The molecule has 0 atom stereocenters. The lowest BCUT2D eigenvalue weighted by Crippen LogP contribution is -2.29. The molecule has 4 aliphatic rings. The van der Waals surface area contributed by atoms with Crippen molar-refractivity contribution in [2.24, 2.45) is 51.6 Å². The van der Waals surface area contributed by atoms with Crippen molar-refractivity contribution in [2.75, 3.05) is 45.8 Å². The van der Waals surface area contributed by atoms with Gasteiger partial charge in [0.1, 0.15) is 46.1 Å². The number of aromatic nitrogens is 24. The van der Waals surface area contributed by atoms with Crippen molar-refractivity contribution in [2.45, 2.75) is 159 Å². The molecule has 0 amide bonds. The molecule has 8 aromatic heterocycles. The summed E-state index contributed by atoms with van der Waals surface area (Å²) >= 11 is 0. The van der Waals surface area contributed by atoms with Crippen LogP contribution in [0.25, 0.3) is 0 Å². The molecule has 0 aromatic carbocycles. The highest BCUT2D eigenvalue weighted by Crippen LogP contribution is 2.28. The van der Waals surface area contributed by atoms with Gasteiger partial charge in [-0.2, -0.15) is 0 Å². The van der Waals surface area contributed by atoms with Crippen LogP contribution in [0.15, 0.2) is 62.0 Å². The predicted molar refractivity (Wildman–Crippen MR) is 353 cm³/mol. The molecule has 26 N–H and O–H groups in total. The van der Waals surface area contributed by atoms with E-state index >= 15 is 0 Å². The largest absolute Gasteiger partial charge is 0.476 e. The molecular weight excluding hydrogens is 1260 g/mol. The van der Waals surface area contributed by atoms with Crippen LogP contribution in [0.3, 0.4) is 0 Å². The van der Waals surface area contributed by atoms with Crippen molar-refractivity contribution in [3.8, 4) is 0 Å². The summed E-state index contributed by atoms with van der Waals surface area (Å²) in [6.45, 7) is 10.4. The lowest BCUT2D eigenvalue weighted by Gasteiger charge is -2.25. The lowest BCUT2D eigenvalue weighted by molar-refractivity contribution is 0.0679. The second-order valence-corrected chi connectivity index (χ2v) is 22.5. The first-order chi connectivity index (χ1) is 46.7. The number of nitrogens with zero attached hydrogens (tertiary/aromatic N) is 24. The monoisotopic (exact) mass is 1350 g/mol. The first-order valence-corrected chi connectivity index (χ1v) is 31.7. The van der Waals surface area contributed by atoms with Crippen LogP contribution in [0, 0.1) is 21.6 Å². The van der Waals surface area contributed by atoms with E-state index in [4.69, 9.17) is 83.5 Å². The maximum Gasteiger partial charge on any atom is 0.358 e. The Morgan fingerprint density at radius 2 is 0.763 bits per heavy atom. The van der Waals surface area contributed by atoms with Gasteiger partial charge in [-0.15, -0.1) is 40.8 Å². The number of hydrogen-bond acceptors (Lipinski definition) is 29. The van der Waals surface area contributed by atoms with Crippen molar-refractivity contribution in [3.05, 3.63) is 96.1 Å². The van der Waals surface area contributed by atoms with Crippen LogP contribution in [0.4, 0.5) is 0 Å². The maximum atomic E-state index is 10.6. The normalized spacial score (nSPS) is 17.4. The Kier molecular flexibility index (Phi) is 33.6. The first kappa shape index (κ1) is 77.4. The molecule has 8 aromatic rings. The second kappa shape index (κ2) is 42.2. The van der Waals surface area contributed by atoms with E-state index in [-0.39, 0.29) is 40.8 Å². The lowest BCUT2D eigenvalue weighted by atomic mass is 9.92. The molecule has 2 aliphatic carbocycles. The van der Waals surface area contributed by atoms with E-state index < -0.39 is 11.9 Å². The van der Waals surface area contributed by atoms with Gasteiger partial charge in [0.25, 0.3) is 0 Å². The third-order valence-corrected chi connectivity index (χ3v) is 15.0. The van der Waals surface area contributed by atoms with E-state index in [0.29, 0.717) is 85.7 Å². The van der Waals surface area contributed by atoms with Gasteiger partial charge in [-0.05, 0) is 123 Å².